The Hall–Kier alpha value is -1.80. The van der Waals surface area contributed by atoms with Crippen molar-refractivity contribution < 1.29 is 32.7 Å². The van der Waals surface area contributed by atoms with E-state index in [-0.39, 0.29) is 25.9 Å². The van der Waals surface area contributed by atoms with Crippen LogP contribution in [0.25, 0.3) is 0 Å². The number of hydrogen-bond acceptors (Lipinski definition) is 3. The van der Waals surface area contributed by atoms with Crippen molar-refractivity contribution in [3.63, 3.8) is 0 Å². The van der Waals surface area contributed by atoms with Crippen LogP contribution in [-0.4, -0.2) is 53.1 Å². The molecule has 0 unspecified atom stereocenters. The van der Waals surface area contributed by atoms with Gasteiger partial charge in [0.15, 0.2) is 0 Å². The van der Waals surface area contributed by atoms with Crippen LogP contribution < -0.4 is 5.32 Å². The van der Waals surface area contributed by atoms with Gasteiger partial charge in [-0.1, -0.05) is 13.8 Å². The molecule has 2 amide bonds. The Balaban J connectivity index is 2.71. The summed E-state index contributed by atoms with van der Waals surface area (Å²) in [4.78, 5) is 35.4. The molecule has 0 aromatic heterocycles. The summed E-state index contributed by atoms with van der Waals surface area (Å²) in [5, 5.41) is 10.6. The number of alkyl halides is 3. The minimum absolute atomic E-state index is 0.154. The van der Waals surface area contributed by atoms with E-state index in [2.05, 4.69) is 0 Å². The number of piperidine rings is 1. The smallest absolute Gasteiger partial charge is 0.471 e. The third kappa shape index (κ3) is 4.60. The van der Waals surface area contributed by atoms with Crippen molar-refractivity contribution in [2.75, 3.05) is 13.1 Å². The second kappa shape index (κ2) is 6.97. The number of aliphatic carboxylic acids is 1. The number of rotatable bonds is 4. The lowest BCUT2D eigenvalue weighted by atomic mass is 9.95. The number of likely N-dealkylation sites (tertiary alicyclic amines) is 1. The van der Waals surface area contributed by atoms with Crippen molar-refractivity contribution in [2.24, 2.45) is 11.8 Å². The van der Waals surface area contributed by atoms with Crippen LogP contribution in [0.15, 0.2) is 0 Å². The zero-order valence-corrected chi connectivity index (χ0v) is 12.3. The normalized spacial score (nSPS) is 18.2. The minimum atomic E-state index is -5.05. The predicted molar refractivity (Wildman–Crippen MR) is 69.8 cm³/mol. The number of carboxylic acid groups (broad SMARTS) is 1. The SMILES string of the molecule is CC(C)[C@H](NC(=O)C(F)(F)F)C(=O)N1CCC(C(=O)O)CC1. The fourth-order valence-corrected chi connectivity index (χ4v) is 2.28. The molecule has 0 bridgehead atoms. The first kappa shape index (κ1) is 18.2. The number of carbonyl (C=O) groups excluding carboxylic acids is 2. The lowest BCUT2D eigenvalue weighted by Gasteiger charge is -2.34. The van der Waals surface area contributed by atoms with Gasteiger partial charge in [0, 0.05) is 13.1 Å². The molecule has 9 heteroatoms. The van der Waals surface area contributed by atoms with Crippen molar-refractivity contribution in [1.29, 1.82) is 0 Å². The molecule has 6 nitrogen and oxygen atoms in total. The van der Waals surface area contributed by atoms with Crippen LogP contribution in [0.3, 0.4) is 0 Å². The zero-order chi connectivity index (χ0) is 17.1. The zero-order valence-electron chi connectivity index (χ0n) is 12.3. The third-order valence-corrected chi connectivity index (χ3v) is 3.63. The summed E-state index contributed by atoms with van der Waals surface area (Å²) in [7, 11) is 0. The molecule has 22 heavy (non-hydrogen) atoms. The van der Waals surface area contributed by atoms with Crippen LogP contribution in [0.5, 0.6) is 0 Å². The Morgan fingerprint density at radius 1 is 1.18 bits per heavy atom. The Morgan fingerprint density at radius 3 is 2.05 bits per heavy atom. The fourth-order valence-electron chi connectivity index (χ4n) is 2.28. The minimum Gasteiger partial charge on any atom is -0.481 e. The molecule has 0 aliphatic carbocycles. The first-order valence-corrected chi connectivity index (χ1v) is 6.93. The third-order valence-electron chi connectivity index (χ3n) is 3.63. The predicted octanol–water partition coefficient (Wildman–Crippen LogP) is 1.01. The molecule has 1 heterocycles. The van der Waals surface area contributed by atoms with Gasteiger partial charge in [0.2, 0.25) is 5.91 Å². The van der Waals surface area contributed by atoms with Crippen LogP contribution in [0.1, 0.15) is 26.7 Å². The van der Waals surface area contributed by atoms with E-state index < -0.39 is 41.8 Å². The van der Waals surface area contributed by atoms with Crippen molar-refractivity contribution in [1.82, 2.24) is 10.2 Å². The lowest BCUT2D eigenvalue weighted by molar-refractivity contribution is -0.175. The van der Waals surface area contributed by atoms with Gasteiger partial charge in [-0.15, -0.1) is 0 Å². The summed E-state index contributed by atoms with van der Waals surface area (Å²) in [6.07, 6.45) is -4.55. The van der Waals surface area contributed by atoms with Gasteiger partial charge in [-0.25, -0.2) is 0 Å². The average molecular weight is 324 g/mol. The van der Waals surface area contributed by atoms with E-state index in [1.807, 2.05) is 0 Å². The van der Waals surface area contributed by atoms with Crippen LogP contribution >= 0.6 is 0 Å². The molecule has 0 spiro atoms. The van der Waals surface area contributed by atoms with E-state index in [0.29, 0.717) is 0 Å². The van der Waals surface area contributed by atoms with Gasteiger partial charge in [0.05, 0.1) is 5.92 Å². The average Bonchev–Trinajstić information content (AvgIpc) is 2.42. The van der Waals surface area contributed by atoms with E-state index in [0.717, 1.165) is 0 Å². The Kier molecular flexibility index (Phi) is 5.78. The number of nitrogens with one attached hydrogen (secondary N) is 1. The van der Waals surface area contributed by atoms with Crippen molar-refractivity contribution in [3.05, 3.63) is 0 Å². The van der Waals surface area contributed by atoms with Crippen LogP contribution in [0.4, 0.5) is 13.2 Å². The number of halogens is 3. The quantitative estimate of drug-likeness (QED) is 0.808. The summed E-state index contributed by atoms with van der Waals surface area (Å²) in [6.45, 7) is 3.37. The van der Waals surface area contributed by atoms with E-state index in [1.165, 1.54) is 18.7 Å². The maximum atomic E-state index is 12.3. The van der Waals surface area contributed by atoms with Crippen LogP contribution in [0, 0.1) is 11.8 Å². The highest BCUT2D eigenvalue weighted by Gasteiger charge is 2.42. The molecular weight excluding hydrogens is 305 g/mol. The molecule has 0 radical (unpaired) electrons. The van der Waals surface area contributed by atoms with E-state index >= 15 is 0 Å². The standard InChI is InChI=1S/C13H19F3N2O4/c1-7(2)9(17-12(22)13(14,15)16)10(19)18-5-3-8(4-6-18)11(20)21/h7-9H,3-6H2,1-2H3,(H,17,22)(H,20,21)/t9-/m0/s1. The van der Waals surface area contributed by atoms with E-state index in [1.54, 1.807) is 5.32 Å². The molecule has 0 aromatic carbocycles. The molecule has 1 atom stereocenters. The van der Waals surface area contributed by atoms with Gasteiger partial charge < -0.3 is 15.3 Å². The van der Waals surface area contributed by atoms with Crippen molar-refractivity contribution >= 4 is 17.8 Å². The number of nitrogens with zero attached hydrogens (tertiary/aromatic N) is 1. The van der Waals surface area contributed by atoms with Gasteiger partial charge in [0.25, 0.3) is 0 Å². The molecule has 1 aliphatic rings. The first-order valence-electron chi connectivity index (χ1n) is 6.93. The lowest BCUT2D eigenvalue weighted by Crippen LogP contribution is -2.55. The summed E-state index contributed by atoms with van der Waals surface area (Å²) in [5.41, 5.74) is 0. The van der Waals surface area contributed by atoms with Crippen LogP contribution in [0.2, 0.25) is 0 Å². The maximum Gasteiger partial charge on any atom is 0.471 e. The molecule has 2 N–H and O–H groups in total. The largest absolute Gasteiger partial charge is 0.481 e. The molecule has 0 aromatic rings. The number of carboxylic acids is 1. The molecule has 1 aliphatic heterocycles. The summed E-state index contributed by atoms with van der Waals surface area (Å²) >= 11 is 0. The molecular formula is C13H19F3N2O4. The molecule has 126 valence electrons. The van der Waals surface area contributed by atoms with Gasteiger partial charge in [-0.05, 0) is 18.8 Å². The van der Waals surface area contributed by atoms with Gasteiger partial charge in [-0.3, -0.25) is 14.4 Å². The second-order valence-electron chi connectivity index (χ2n) is 5.63. The molecule has 1 saturated heterocycles. The number of carbonyl (C=O) groups is 3. The van der Waals surface area contributed by atoms with Gasteiger partial charge in [-0.2, -0.15) is 13.2 Å². The Bertz CT molecular complexity index is 443. The number of hydrogen-bond donors (Lipinski definition) is 2. The first-order chi connectivity index (χ1) is 10.0. The highest BCUT2D eigenvalue weighted by Crippen LogP contribution is 2.20. The van der Waals surface area contributed by atoms with Crippen molar-refractivity contribution in [2.45, 2.75) is 38.9 Å². The molecule has 0 saturated carbocycles. The number of amides is 2. The summed E-state index contributed by atoms with van der Waals surface area (Å²) < 4.78 is 36.9. The highest BCUT2D eigenvalue weighted by molar-refractivity contribution is 5.90. The Labute approximate surface area is 125 Å². The molecule has 1 fully saturated rings. The highest BCUT2D eigenvalue weighted by atomic mass is 19.4. The van der Waals surface area contributed by atoms with Crippen molar-refractivity contribution in [3.8, 4) is 0 Å². The second-order valence-corrected chi connectivity index (χ2v) is 5.63. The summed E-state index contributed by atoms with van der Waals surface area (Å²) in [6, 6.07) is -1.28. The Morgan fingerprint density at radius 2 is 1.68 bits per heavy atom. The monoisotopic (exact) mass is 324 g/mol. The van der Waals surface area contributed by atoms with E-state index in [9.17, 15) is 27.6 Å². The van der Waals surface area contributed by atoms with Gasteiger partial charge >= 0.3 is 18.1 Å². The fraction of sp³-hybridized carbons (Fsp3) is 0.769. The molecule has 1 rings (SSSR count). The van der Waals surface area contributed by atoms with E-state index in [4.69, 9.17) is 5.11 Å². The van der Waals surface area contributed by atoms with Crippen LogP contribution in [-0.2, 0) is 14.4 Å². The topological polar surface area (TPSA) is 86.7 Å². The summed E-state index contributed by atoms with van der Waals surface area (Å²) in [5.74, 6) is -4.78. The van der Waals surface area contributed by atoms with Gasteiger partial charge in [0.1, 0.15) is 6.04 Å². The maximum absolute atomic E-state index is 12.3.